The monoisotopic (exact) mass is 293 g/mol. The maximum absolute atomic E-state index is 9.63. The van der Waals surface area contributed by atoms with E-state index in [4.69, 9.17) is 0 Å². The van der Waals surface area contributed by atoms with Gasteiger partial charge in [-0.05, 0) is 58.4 Å². The lowest BCUT2D eigenvalue weighted by molar-refractivity contribution is 0.170. The first kappa shape index (κ1) is 11.2. The molecule has 2 N–H and O–H groups in total. The topological polar surface area (TPSA) is 32.3 Å². The van der Waals surface area contributed by atoms with E-state index < -0.39 is 6.23 Å². The number of nitrogens with one attached hydrogen (secondary N) is 1. The summed E-state index contributed by atoms with van der Waals surface area (Å²) in [6.45, 7) is 3.97. The molecule has 0 bridgehead atoms. The third-order valence-electron chi connectivity index (χ3n) is 1.98. The van der Waals surface area contributed by atoms with E-state index in [1.54, 1.807) is 0 Å². The molecule has 1 saturated carbocycles. The van der Waals surface area contributed by atoms with Crippen LogP contribution in [0.15, 0.2) is 21.3 Å². The lowest BCUT2D eigenvalue weighted by atomic mass is 10.2. The molecule has 0 spiro atoms. The van der Waals surface area contributed by atoms with Crippen LogP contribution in [-0.4, -0.2) is 17.4 Å². The Morgan fingerprint density at radius 3 is 2.54 bits per heavy atom. The summed E-state index contributed by atoms with van der Waals surface area (Å²) in [7, 11) is 0. The van der Waals surface area contributed by atoms with Gasteiger partial charge in [0, 0.05) is 6.04 Å². The van der Waals surface area contributed by atoms with E-state index in [2.05, 4.69) is 27.9 Å². The quantitative estimate of drug-likeness (QED) is 0.474. The second kappa shape index (κ2) is 5.12. The number of rotatable bonds is 4. The predicted octanol–water partition coefficient (Wildman–Crippen LogP) is 2.34. The van der Waals surface area contributed by atoms with Crippen LogP contribution in [0.4, 0.5) is 0 Å². The Morgan fingerprint density at radius 2 is 2.08 bits per heavy atom. The standard InChI is InChI=1S/C10H16INO/c1-7(3-4-8(2)11)10(13)12-9-5-6-9/h3-4,9-10,12-13H,5-6H2,1-2H3/b7-3+,8-4-/t10-/m1/s1. The summed E-state index contributed by atoms with van der Waals surface area (Å²) in [6.07, 6.45) is 5.89. The van der Waals surface area contributed by atoms with Crippen molar-refractivity contribution in [1.82, 2.24) is 5.32 Å². The molecule has 0 radical (unpaired) electrons. The highest BCUT2D eigenvalue weighted by Gasteiger charge is 2.23. The number of hydrogen-bond acceptors (Lipinski definition) is 2. The van der Waals surface area contributed by atoms with Crippen molar-refractivity contribution in [2.24, 2.45) is 0 Å². The molecule has 1 atom stereocenters. The number of aliphatic hydroxyl groups excluding tert-OH is 1. The van der Waals surface area contributed by atoms with E-state index in [1.807, 2.05) is 26.0 Å². The van der Waals surface area contributed by atoms with E-state index in [0.29, 0.717) is 6.04 Å². The second-order valence-corrected chi connectivity index (χ2v) is 5.21. The first-order valence-corrected chi connectivity index (χ1v) is 5.62. The summed E-state index contributed by atoms with van der Waals surface area (Å²) in [5.41, 5.74) is 0.975. The van der Waals surface area contributed by atoms with Crippen LogP contribution in [-0.2, 0) is 0 Å². The van der Waals surface area contributed by atoms with Crippen molar-refractivity contribution in [3.8, 4) is 0 Å². The minimum atomic E-state index is -0.473. The fraction of sp³-hybridized carbons (Fsp3) is 0.600. The van der Waals surface area contributed by atoms with Gasteiger partial charge in [-0.2, -0.15) is 0 Å². The first-order valence-electron chi connectivity index (χ1n) is 4.54. The zero-order chi connectivity index (χ0) is 9.84. The summed E-state index contributed by atoms with van der Waals surface area (Å²) in [5.74, 6) is 0. The van der Waals surface area contributed by atoms with Crippen molar-refractivity contribution in [2.75, 3.05) is 0 Å². The predicted molar refractivity (Wildman–Crippen MR) is 63.7 cm³/mol. The van der Waals surface area contributed by atoms with Crippen LogP contribution in [0.1, 0.15) is 26.7 Å². The van der Waals surface area contributed by atoms with Crippen LogP contribution >= 0.6 is 22.6 Å². The Bertz CT molecular complexity index is 227. The fourth-order valence-corrected chi connectivity index (χ4v) is 1.12. The molecular weight excluding hydrogens is 277 g/mol. The number of allylic oxidation sites excluding steroid dienone is 3. The second-order valence-electron chi connectivity index (χ2n) is 3.51. The maximum atomic E-state index is 9.63. The highest BCUT2D eigenvalue weighted by atomic mass is 127. The van der Waals surface area contributed by atoms with Crippen LogP contribution in [0.2, 0.25) is 0 Å². The van der Waals surface area contributed by atoms with E-state index in [1.165, 1.54) is 16.4 Å². The van der Waals surface area contributed by atoms with Crippen LogP contribution < -0.4 is 5.32 Å². The van der Waals surface area contributed by atoms with Crippen molar-refractivity contribution in [1.29, 1.82) is 0 Å². The fourth-order valence-electron chi connectivity index (χ4n) is 0.942. The van der Waals surface area contributed by atoms with E-state index >= 15 is 0 Å². The molecule has 3 heteroatoms. The molecular formula is C10H16INO. The minimum absolute atomic E-state index is 0.473. The van der Waals surface area contributed by atoms with Crippen molar-refractivity contribution in [3.63, 3.8) is 0 Å². The Hall–Kier alpha value is 0.130. The highest BCUT2D eigenvalue weighted by Crippen LogP contribution is 2.20. The molecule has 0 aromatic carbocycles. The van der Waals surface area contributed by atoms with Crippen molar-refractivity contribution in [2.45, 2.75) is 39.0 Å². The smallest absolute Gasteiger partial charge is 0.127 e. The van der Waals surface area contributed by atoms with Crippen LogP contribution in [0.3, 0.4) is 0 Å². The number of halogens is 1. The van der Waals surface area contributed by atoms with Crippen molar-refractivity contribution < 1.29 is 5.11 Å². The van der Waals surface area contributed by atoms with Gasteiger partial charge in [-0.1, -0.05) is 12.2 Å². The molecule has 1 aliphatic rings. The van der Waals surface area contributed by atoms with E-state index in [0.717, 1.165) is 5.57 Å². The van der Waals surface area contributed by atoms with Crippen LogP contribution in [0, 0.1) is 0 Å². The third kappa shape index (κ3) is 4.78. The molecule has 0 unspecified atom stereocenters. The summed E-state index contributed by atoms with van der Waals surface area (Å²) in [4.78, 5) is 0. The lowest BCUT2D eigenvalue weighted by Gasteiger charge is -2.11. The molecule has 1 fully saturated rings. The summed E-state index contributed by atoms with van der Waals surface area (Å²) in [6, 6.07) is 0.544. The third-order valence-corrected chi connectivity index (χ3v) is 2.34. The van der Waals surface area contributed by atoms with Gasteiger partial charge in [0.05, 0.1) is 0 Å². The van der Waals surface area contributed by atoms with Gasteiger partial charge in [-0.3, -0.25) is 5.32 Å². The van der Waals surface area contributed by atoms with Gasteiger partial charge in [-0.15, -0.1) is 0 Å². The van der Waals surface area contributed by atoms with Gasteiger partial charge in [0.15, 0.2) is 0 Å². The summed E-state index contributed by atoms with van der Waals surface area (Å²) in [5, 5.41) is 12.8. The molecule has 1 aliphatic carbocycles. The molecule has 2 nitrogen and oxygen atoms in total. The van der Waals surface area contributed by atoms with Crippen LogP contribution in [0.25, 0.3) is 0 Å². The molecule has 0 amide bonds. The number of hydrogen-bond donors (Lipinski definition) is 2. The molecule has 74 valence electrons. The average Bonchev–Trinajstić information content (AvgIpc) is 2.83. The average molecular weight is 293 g/mol. The van der Waals surface area contributed by atoms with Gasteiger partial charge >= 0.3 is 0 Å². The van der Waals surface area contributed by atoms with Crippen molar-refractivity contribution >= 4 is 22.6 Å². The maximum Gasteiger partial charge on any atom is 0.127 e. The molecule has 0 aliphatic heterocycles. The molecule has 13 heavy (non-hydrogen) atoms. The number of aliphatic hydroxyl groups is 1. The summed E-state index contributed by atoms with van der Waals surface area (Å²) < 4.78 is 1.22. The molecule has 0 heterocycles. The van der Waals surface area contributed by atoms with Crippen LogP contribution in [0.5, 0.6) is 0 Å². The Morgan fingerprint density at radius 1 is 1.46 bits per heavy atom. The van der Waals surface area contributed by atoms with E-state index in [9.17, 15) is 5.11 Å². The minimum Gasteiger partial charge on any atom is -0.375 e. The van der Waals surface area contributed by atoms with Crippen molar-refractivity contribution in [3.05, 3.63) is 21.3 Å². The Balaban J connectivity index is 2.39. The molecule has 0 saturated heterocycles. The highest BCUT2D eigenvalue weighted by molar-refractivity contribution is 14.1. The molecule has 0 aromatic rings. The largest absolute Gasteiger partial charge is 0.375 e. The van der Waals surface area contributed by atoms with Gasteiger partial charge < -0.3 is 5.11 Å². The van der Waals surface area contributed by atoms with Gasteiger partial charge in [0.1, 0.15) is 6.23 Å². The lowest BCUT2D eigenvalue weighted by Crippen LogP contribution is -2.31. The SMILES string of the molecule is C/C(I)=C/C=C(\C)[C@@H](O)NC1CC1. The Labute approximate surface area is 93.2 Å². The normalized spacial score (nSPS) is 21.8. The zero-order valence-corrected chi connectivity index (χ0v) is 10.2. The molecule has 0 aromatic heterocycles. The summed E-state index contributed by atoms with van der Waals surface area (Å²) >= 11 is 2.25. The molecule has 1 rings (SSSR count). The van der Waals surface area contributed by atoms with Gasteiger partial charge in [0.2, 0.25) is 0 Å². The Kier molecular flexibility index (Phi) is 4.41. The van der Waals surface area contributed by atoms with E-state index in [-0.39, 0.29) is 0 Å². The van der Waals surface area contributed by atoms with Gasteiger partial charge in [0.25, 0.3) is 0 Å². The van der Waals surface area contributed by atoms with Gasteiger partial charge in [-0.25, -0.2) is 0 Å². The first-order chi connectivity index (χ1) is 6.09. The zero-order valence-electron chi connectivity index (χ0n) is 8.05.